The Labute approximate surface area is 130 Å². The zero-order valence-corrected chi connectivity index (χ0v) is 14.0. The molecule has 0 saturated carbocycles. The monoisotopic (exact) mass is 324 g/mol. The molecule has 2 aromatic rings. The highest BCUT2D eigenvalue weighted by Crippen LogP contribution is 2.26. The van der Waals surface area contributed by atoms with Crippen LogP contribution in [0.5, 0.6) is 0 Å². The van der Waals surface area contributed by atoms with Crippen molar-refractivity contribution in [1.29, 1.82) is 0 Å². The molecule has 1 N–H and O–H groups in total. The Morgan fingerprint density at radius 1 is 1.29 bits per heavy atom. The first-order valence-corrected chi connectivity index (χ1v) is 9.60. The molecule has 0 aliphatic heterocycles. The normalized spacial score (nSPS) is 14.8. The van der Waals surface area contributed by atoms with Gasteiger partial charge in [-0.05, 0) is 19.5 Å². The van der Waals surface area contributed by atoms with Crippen molar-refractivity contribution in [2.45, 2.75) is 24.6 Å². The van der Waals surface area contributed by atoms with Gasteiger partial charge in [0.1, 0.15) is 10.3 Å². The van der Waals surface area contributed by atoms with Crippen LogP contribution in [0.4, 0.5) is 0 Å². The van der Waals surface area contributed by atoms with E-state index in [1.165, 1.54) is 23.2 Å². The van der Waals surface area contributed by atoms with Gasteiger partial charge < -0.3 is 5.32 Å². The third-order valence-corrected chi connectivity index (χ3v) is 6.26. The molecule has 1 aromatic heterocycles. The van der Waals surface area contributed by atoms with Crippen molar-refractivity contribution in [3.05, 3.63) is 52.0 Å². The van der Waals surface area contributed by atoms with Crippen molar-refractivity contribution in [1.82, 2.24) is 10.3 Å². The van der Waals surface area contributed by atoms with E-state index in [1.807, 2.05) is 30.6 Å². The van der Waals surface area contributed by atoms with E-state index in [2.05, 4.69) is 22.4 Å². The lowest BCUT2D eigenvalue weighted by Crippen LogP contribution is -2.19. The van der Waals surface area contributed by atoms with Crippen molar-refractivity contribution in [2.75, 3.05) is 13.3 Å². The number of rotatable bonds is 6. The van der Waals surface area contributed by atoms with Crippen LogP contribution in [0.1, 0.15) is 34.5 Å². The molecule has 114 valence electrons. The van der Waals surface area contributed by atoms with Crippen LogP contribution < -0.4 is 5.32 Å². The second-order valence-corrected chi connectivity index (χ2v) is 8.36. The van der Waals surface area contributed by atoms with Crippen molar-refractivity contribution in [3.8, 4) is 0 Å². The largest absolute Gasteiger partial charge is 0.313 e. The topological polar surface area (TPSA) is 59.1 Å². The Balaban J connectivity index is 2.15. The SMILES string of the molecule is CNC(Cc1csc(C(C)S(C)(=O)=O)n1)c1ccccc1. The maximum atomic E-state index is 11.6. The summed E-state index contributed by atoms with van der Waals surface area (Å²) in [4.78, 5) is 4.49. The van der Waals surface area contributed by atoms with Crippen LogP contribution in [0.25, 0.3) is 0 Å². The van der Waals surface area contributed by atoms with Gasteiger partial charge in [-0.2, -0.15) is 0 Å². The van der Waals surface area contributed by atoms with E-state index in [1.54, 1.807) is 6.92 Å². The predicted molar refractivity (Wildman–Crippen MR) is 87.3 cm³/mol. The maximum Gasteiger partial charge on any atom is 0.156 e. The fraction of sp³-hybridized carbons (Fsp3) is 0.400. The zero-order chi connectivity index (χ0) is 15.5. The second kappa shape index (κ2) is 6.68. The Kier molecular flexibility index (Phi) is 5.13. The van der Waals surface area contributed by atoms with Gasteiger partial charge in [-0.1, -0.05) is 30.3 Å². The first-order chi connectivity index (χ1) is 9.91. The average molecular weight is 324 g/mol. The Hall–Kier alpha value is -1.24. The fourth-order valence-corrected chi connectivity index (χ4v) is 3.94. The molecule has 0 fully saturated rings. The van der Waals surface area contributed by atoms with Gasteiger partial charge >= 0.3 is 0 Å². The number of likely N-dealkylation sites (N-methyl/N-ethyl adjacent to an activating group) is 1. The van der Waals surface area contributed by atoms with Gasteiger partial charge in [-0.25, -0.2) is 13.4 Å². The third-order valence-electron chi connectivity index (χ3n) is 3.52. The summed E-state index contributed by atoms with van der Waals surface area (Å²) in [6, 6.07) is 10.3. The number of thiazole rings is 1. The lowest BCUT2D eigenvalue weighted by Gasteiger charge is -2.15. The van der Waals surface area contributed by atoms with Crippen LogP contribution in [0, 0.1) is 0 Å². The number of hydrogen-bond donors (Lipinski definition) is 1. The van der Waals surface area contributed by atoms with Gasteiger partial charge in [0.2, 0.25) is 0 Å². The Morgan fingerprint density at radius 3 is 2.52 bits per heavy atom. The van der Waals surface area contributed by atoms with E-state index in [4.69, 9.17) is 0 Å². The van der Waals surface area contributed by atoms with Crippen LogP contribution in [-0.2, 0) is 16.3 Å². The summed E-state index contributed by atoms with van der Waals surface area (Å²) in [5.74, 6) is 0. The average Bonchev–Trinajstić information content (AvgIpc) is 2.92. The van der Waals surface area contributed by atoms with Crippen LogP contribution >= 0.6 is 11.3 Å². The molecule has 2 atom stereocenters. The number of aromatic nitrogens is 1. The smallest absolute Gasteiger partial charge is 0.156 e. The molecule has 2 unspecified atom stereocenters. The molecule has 0 aliphatic carbocycles. The molecule has 0 saturated heterocycles. The van der Waals surface area contributed by atoms with Gasteiger partial charge in [0.25, 0.3) is 0 Å². The van der Waals surface area contributed by atoms with Gasteiger partial charge in [-0.3, -0.25) is 0 Å². The number of hydrogen-bond acceptors (Lipinski definition) is 5. The highest BCUT2D eigenvalue weighted by molar-refractivity contribution is 7.91. The summed E-state index contributed by atoms with van der Waals surface area (Å²) in [6.07, 6.45) is 1.99. The minimum atomic E-state index is -3.10. The molecule has 1 aromatic carbocycles. The highest BCUT2D eigenvalue weighted by Gasteiger charge is 2.21. The number of benzene rings is 1. The lowest BCUT2D eigenvalue weighted by molar-refractivity contribution is 0.583. The van der Waals surface area contributed by atoms with Crippen molar-refractivity contribution in [3.63, 3.8) is 0 Å². The summed E-state index contributed by atoms with van der Waals surface area (Å²) in [5, 5.41) is 5.35. The molecule has 0 aliphatic rings. The minimum Gasteiger partial charge on any atom is -0.313 e. The molecule has 21 heavy (non-hydrogen) atoms. The molecular formula is C15H20N2O2S2. The van der Waals surface area contributed by atoms with Gasteiger partial charge in [0.05, 0.1) is 5.69 Å². The highest BCUT2D eigenvalue weighted by atomic mass is 32.2. The number of nitrogens with zero attached hydrogens (tertiary/aromatic N) is 1. The quantitative estimate of drug-likeness (QED) is 0.887. The van der Waals surface area contributed by atoms with E-state index in [0.29, 0.717) is 5.01 Å². The van der Waals surface area contributed by atoms with Crippen LogP contribution in [-0.4, -0.2) is 26.7 Å². The van der Waals surface area contributed by atoms with Crippen LogP contribution in [0.3, 0.4) is 0 Å². The van der Waals surface area contributed by atoms with Crippen molar-refractivity contribution >= 4 is 21.2 Å². The van der Waals surface area contributed by atoms with E-state index in [9.17, 15) is 8.42 Å². The standard InChI is InChI=1S/C15H20N2O2S2/c1-11(21(3,18)19)15-17-13(10-20-15)9-14(16-2)12-7-5-4-6-8-12/h4-8,10-11,14,16H,9H2,1-3H3. The molecule has 0 bridgehead atoms. The third kappa shape index (κ3) is 4.12. The van der Waals surface area contributed by atoms with Gasteiger partial charge in [-0.15, -0.1) is 11.3 Å². The van der Waals surface area contributed by atoms with Gasteiger partial charge in [0.15, 0.2) is 9.84 Å². The zero-order valence-electron chi connectivity index (χ0n) is 12.4. The van der Waals surface area contributed by atoms with E-state index >= 15 is 0 Å². The Morgan fingerprint density at radius 2 is 1.95 bits per heavy atom. The van der Waals surface area contributed by atoms with Crippen LogP contribution in [0.15, 0.2) is 35.7 Å². The summed E-state index contributed by atoms with van der Waals surface area (Å²) in [5.41, 5.74) is 2.12. The molecule has 6 heteroatoms. The lowest BCUT2D eigenvalue weighted by atomic mass is 10.0. The first-order valence-electron chi connectivity index (χ1n) is 6.77. The second-order valence-electron chi connectivity index (χ2n) is 5.10. The van der Waals surface area contributed by atoms with E-state index < -0.39 is 15.1 Å². The van der Waals surface area contributed by atoms with Crippen molar-refractivity contribution in [2.24, 2.45) is 0 Å². The fourth-order valence-electron chi connectivity index (χ4n) is 2.07. The summed E-state index contributed by atoms with van der Waals surface area (Å²) < 4.78 is 23.2. The molecule has 2 rings (SSSR count). The first kappa shape index (κ1) is 16.1. The Bertz CT molecular complexity index is 681. The summed E-state index contributed by atoms with van der Waals surface area (Å²) >= 11 is 1.41. The molecule has 0 spiro atoms. The number of sulfone groups is 1. The predicted octanol–water partition coefficient (Wildman–Crippen LogP) is 2.75. The summed E-state index contributed by atoms with van der Waals surface area (Å²) in [7, 11) is -1.18. The number of nitrogens with one attached hydrogen (secondary N) is 1. The summed E-state index contributed by atoms with van der Waals surface area (Å²) in [6.45, 7) is 1.69. The van der Waals surface area contributed by atoms with Gasteiger partial charge in [0, 0.05) is 24.1 Å². The molecule has 0 amide bonds. The van der Waals surface area contributed by atoms with E-state index in [0.717, 1.165) is 12.1 Å². The molecule has 0 radical (unpaired) electrons. The minimum absolute atomic E-state index is 0.176. The molecular weight excluding hydrogens is 304 g/mol. The van der Waals surface area contributed by atoms with Crippen molar-refractivity contribution < 1.29 is 8.42 Å². The molecule has 1 heterocycles. The van der Waals surface area contributed by atoms with E-state index in [-0.39, 0.29) is 6.04 Å². The maximum absolute atomic E-state index is 11.6. The van der Waals surface area contributed by atoms with Crippen LogP contribution in [0.2, 0.25) is 0 Å². The molecule has 4 nitrogen and oxygen atoms in total.